The van der Waals surface area contributed by atoms with Crippen LogP contribution in [0.1, 0.15) is 38.7 Å². The number of guanidine groups is 1. The van der Waals surface area contributed by atoms with E-state index in [0.29, 0.717) is 31.0 Å². The molecule has 0 aromatic carbocycles. The molecule has 2 heterocycles. The van der Waals surface area contributed by atoms with Gasteiger partial charge in [-0.15, -0.1) is 24.0 Å². The summed E-state index contributed by atoms with van der Waals surface area (Å²) in [4.78, 5) is 11.1. The molecule has 7 heteroatoms. The summed E-state index contributed by atoms with van der Waals surface area (Å²) in [6.45, 7) is 8.66. The first-order chi connectivity index (χ1) is 11.2. The molecular weight excluding hydrogens is 417 g/mol. The SMILES string of the molecule is CCCOc1ccc(CN=C(N)NCC2CCCN2CC)cn1.I. The molecule has 0 aliphatic carbocycles. The van der Waals surface area contributed by atoms with E-state index in [0.717, 1.165) is 25.1 Å². The van der Waals surface area contributed by atoms with Crippen molar-refractivity contribution in [2.75, 3.05) is 26.2 Å². The summed E-state index contributed by atoms with van der Waals surface area (Å²) < 4.78 is 5.46. The number of aromatic nitrogens is 1. The molecule has 1 aliphatic rings. The maximum absolute atomic E-state index is 5.96. The van der Waals surface area contributed by atoms with Crippen LogP contribution in [0.4, 0.5) is 0 Å². The zero-order valence-corrected chi connectivity index (χ0v) is 17.0. The predicted octanol–water partition coefficient (Wildman–Crippen LogP) is 2.38. The van der Waals surface area contributed by atoms with Crippen LogP contribution < -0.4 is 15.8 Å². The number of nitrogens with one attached hydrogen (secondary N) is 1. The molecular formula is C17H30IN5O. The normalized spacial score (nSPS) is 18.2. The number of rotatable bonds is 8. The maximum atomic E-state index is 5.96. The fourth-order valence-electron chi connectivity index (χ4n) is 2.79. The van der Waals surface area contributed by atoms with Gasteiger partial charge in [0.15, 0.2) is 5.96 Å². The van der Waals surface area contributed by atoms with Crippen molar-refractivity contribution >= 4 is 29.9 Å². The standard InChI is InChI=1S/C17H29N5O.HI/c1-3-10-23-16-8-7-14(11-19-16)12-20-17(18)21-13-15-6-5-9-22(15)4-2;/h7-8,11,15H,3-6,9-10,12-13H2,1-2H3,(H3,18,20,21);1H. The van der Waals surface area contributed by atoms with Gasteiger partial charge in [-0.1, -0.05) is 19.9 Å². The first-order valence-electron chi connectivity index (χ1n) is 8.58. The molecule has 136 valence electrons. The van der Waals surface area contributed by atoms with Crippen LogP contribution in [0.5, 0.6) is 5.88 Å². The summed E-state index contributed by atoms with van der Waals surface area (Å²) in [5, 5.41) is 3.24. The van der Waals surface area contributed by atoms with Gasteiger partial charge in [0.25, 0.3) is 0 Å². The van der Waals surface area contributed by atoms with E-state index in [1.165, 1.54) is 19.4 Å². The molecule has 0 saturated carbocycles. The Kier molecular flexibility index (Phi) is 10.0. The molecule has 2 rings (SSSR count). The summed E-state index contributed by atoms with van der Waals surface area (Å²) >= 11 is 0. The van der Waals surface area contributed by atoms with Crippen molar-refractivity contribution in [1.29, 1.82) is 0 Å². The topological polar surface area (TPSA) is 75.8 Å². The predicted molar refractivity (Wildman–Crippen MR) is 109 cm³/mol. The van der Waals surface area contributed by atoms with Gasteiger partial charge >= 0.3 is 0 Å². The first kappa shape index (κ1) is 21.0. The third kappa shape index (κ3) is 6.80. The zero-order chi connectivity index (χ0) is 16.5. The highest BCUT2D eigenvalue weighted by molar-refractivity contribution is 14.0. The van der Waals surface area contributed by atoms with Crippen molar-refractivity contribution < 1.29 is 4.74 Å². The van der Waals surface area contributed by atoms with Gasteiger partial charge in [-0.25, -0.2) is 9.98 Å². The molecule has 0 bridgehead atoms. The van der Waals surface area contributed by atoms with Crippen molar-refractivity contribution in [3.63, 3.8) is 0 Å². The van der Waals surface area contributed by atoms with Crippen LogP contribution in [0.3, 0.4) is 0 Å². The van der Waals surface area contributed by atoms with Crippen LogP contribution >= 0.6 is 24.0 Å². The number of likely N-dealkylation sites (tertiary alicyclic amines) is 1. The van der Waals surface area contributed by atoms with Crippen LogP contribution in [0.15, 0.2) is 23.3 Å². The minimum atomic E-state index is 0. The third-order valence-corrected chi connectivity index (χ3v) is 4.11. The van der Waals surface area contributed by atoms with Crippen molar-refractivity contribution in [1.82, 2.24) is 15.2 Å². The average molecular weight is 447 g/mol. The summed E-state index contributed by atoms with van der Waals surface area (Å²) in [7, 11) is 0. The molecule has 3 N–H and O–H groups in total. The number of pyridine rings is 1. The molecule has 1 fully saturated rings. The quantitative estimate of drug-likeness (QED) is 0.364. The molecule has 1 aliphatic heterocycles. The highest BCUT2D eigenvalue weighted by Crippen LogP contribution is 2.15. The van der Waals surface area contributed by atoms with Crippen LogP contribution in [-0.2, 0) is 6.54 Å². The van der Waals surface area contributed by atoms with E-state index in [-0.39, 0.29) is 24.0 Å². The monoisotopic (exact) mass is 447 g/mol. The van der Waals surface area contributed by atoms with Gasteiger partial charge in [-0.05, 0) is 37.9 Å². The van der Waals surface area contributed by atoms with E-state index < -0.39 is 0 Å². The minimum absolute atomic E-state index is 0. The second-order valence-electron chi connectivity index (χ2n) is 5.86. The fraction of sp³-hybridized carbons (Fsp3) is 0.647. The number of likely N-dealkylation sites (N-methyl/N-ethyl adjacent to an activating group) is 1. The van der Waals surface area contributed by atoms with Crippen LogP contribution in [0, 0.1) is 0 Å². The van der Waals surface area contributed by atoms with E-state index in [1.807, 2.05) is 12.1 Å². The van der Waals surface area contributed by atoms with Gasteiger partial charge in [-0.3, -0.25) is 4.90 Å². The van der Waals surface area contributed by atoms with Crippen LogP contribution in [-0.4, -0.2) is 48.1 Å². The van der Waals surface area contributed by atoms with Crippen LogP contribution in [0.25, 0.3) is 0 Å². The van der Waals surface area contributed by atoms with Gasteiger partial charge in [0.2, 0.25) is 5.88 Å². The lowest BCUT2D eigenvalue weighted by Crippen LogP contribution is -2.42. The lowest BCUT2D eigenvalue weighted by molar-refractivity contribution is 0.267. The zero-order valence-electron chi connectivity index (χ0n) is 14.7. The number of hydrogen-bond acceptors (Lipinski definition) is 4. The number of nitrogens with two attached hydrogens (primary N) is 1. The smallest absolute Gasteiger partial charge is 0.213 e. The number of aliphatic imine (C=N–C) groups is 1. The molecule has 0 radical (unpaired) electrons. The van der Waals surface area contributed by atoms with E-state index in [9.17, 15) is 0 Å². The highest BCUT2D eigenvalue weighted by Gasteiger charge is 2.22. The Morgan fingerprint density at radius 3 is 2.96 bits per heavy atom. The number of hydrogen-bond donors (Lipinski definition) is 2. The van der Waals surface area contributed by atoms with E-state index in [4.69, 9.17) is 10.5 Å². The first-order valence-corrected chi connectivity index (χ1v) is 8.58. The van der Waals surface area contributed by atoms with Gasteiger partial charge in [0, 0.05) is 24.8 Å². The van der Waals surface area contributed by atoms with Crippen molar-refractivity contribution in [3.05, 3.63) is 23.9 Å². The minimum Gasteiger partial charge on any atom is -0.478 e. The Hall–Kier alpha value is -1.09. The Labute approximate surface area is 162 Å². The second-order valence-corrected chi connectivity index (χ2v) is 5.86. The number of ether oxygens (including phenoxy) is 1. The Balaban J connectivity index is 0.00000288. The Morgan fingerprint density at radius 2 is 2.29 bits per heavy atom. The Bertz CT molecular complexity index is 494. The molecule has 1 atom stereocenters. The van der Waals surface area contributed by atoms with Gasteiger partial charge in [0.05, 0.1) is 13.2 Å². The highest BCUT2D eigenvalue weighted by atomic mass is 127. The number of halogens is 1. The number of nitrogens with zero attached hydrogens (tertiary/aromatic N) is 3. The third-order valence-electron chi connectivity index (χ3n) is 4.11. The lowest BCUT2D eigenvalue weighted by Gasteiger charge is -2.23. The summed E-state index contributed by atoms with van der Waals surface area (Å²) in [6.07, 6.45) is 5.27. The van der Waals surface area contributed by atoms with Crippen LogP contribution in [0.2, 0.25) is 0 Å². The summed E-state index contributed by atoms with van der Waals surface area (Å²) in [5.41, 5.74) is 6.98. The van der Waals surface area contributed by atoms with E-state index >= 15 is 0 Å². The van der Waals surface area contributed by atoms with Crippen molar-refractivity contribution in [2.24, 2.45) is 10.7 Å². The molecule has 0 spiro atoms. The van der Waals surface area contributed by atoms with Gasteiger partial charge in [-0.2, -0.15) is 0 Å². The molecule has 1 aromatic heterocycles. The lowest BCUT2D eigenvalue weighted by atomic mass is 10.2. The maximum Gasteiger partial charge on any atom is 0.213 e. The largest absolute Gasteiger partial charge is 0.478 e. The Morgan fingerprint density at radius 1 is 1.46 bits per heavy atom. The fourth-order valence-corrected chi connectivity index (χ4v) is 2.79. The van der Waals surface area contributed by atoms with Crippen molar-refractivity contribution in [2.45, 2.75) is 45.7 Å². The summed E-state index contributed by atoms with van der Waals surface area (Å²) in [6, 6.07) is 4.43. The van der Waals surface area contributed by atoms with Gasteiger partial charge < -0.3 is 15.8 Å². The average Bonchev–Trinajstić information content (AvgIpc) is 3.04. The molecule has 1 aromatic rings. The van der Waals surface area contributed by atoms with E-state index in [2.05, 4.69) is 34.0 Å². The molecule has 0 amide bonds. The summed E-state index contributed by atoms with van der Waals surface area (Å²) in [5.74, 6) is 1.16. The van der Waals surface area contributed by atoms with Gasteiger partial charge in [0.1, 0.15) is 0 Å². The van der Waals surface area contributed by atoms with Crippen molar-refractivity contribution in [3.8, 4) is 5.88 Å². The molecule has 1 unspecified atom stereocenters. The molecule has 1 saturated heterocycles. The molecule has 24 heavy (non-hydrogen) atoms. The second kappa shape index (κ2) is 11.5. The van der Waals surface area contributed by atoms with E-state index in [1.54, 1.807) is 6.20 Å². The molecule has 6 nitrogen and oxygen atoms in total.